The predicted octanol–water partition coefficient (Wildman–Crippen LogP) is 2.80. The van der Waals surface area contributed by atoms with Crippen LogP contribution in [-0.4, -0.2) is 59.4 Å². The number of benzene rings is 2. The van der Waals surface area contributed by atoms with Crippen LogP contribution in [0.1, 0.15) is 16.8 Å². The van der Waals surface area contributed by atoms with Gasteiger partial charge in [-0.2, -0.15) is 0 Å². The third-order valence-corrected chi connectivity index (χ3v) is 4.66. The van der Waals surface area contributed by atoms with Crippen molar-refractivity contribution in [2.24, 2.45) is 0 Å². The highest BCUT2D eigenvalue weighted by Crippen LogP contribution is 2.27. The van der Waals surface area contributed by atoms with Gasteiger partial charge in [0.2, 0.25) is 5.91 Å². The van der Waals surface area contributed by atoms with E-state index in [1.807, 2.05) is 6.07 Å². The van der Waals surface area contributed by atoms with Crippen LogP contribution in [0.25, 0.3) is 0 Å². The summed E-state index contributed by atoms with van der Waals surface area (Å²) in [6, 6.07) is 13.6. The second kappa shape index (κ2) is 9.69. The molecule has 1 heterocycles. The number of halogens is 3. The summed E-state index contributed by atoms with van der Waals surface area (Å²) < 4.78 is 46.7. The number of ether oxygens (including phenoxy) is 2. The van der Waals surface area contributed by atoms with Crippen molar-refractivity contribution in [3.63, 3.8) is 0 Å². The van der Waals surface area contributed by atoms with Gasteiger partial charge in [0.15, 0.2) is 0 Å². The first-order valence-corrected chi connectivity index (χ1v) is 9.50. The number of para-hydroxylation sites is 1. The number of hydrogen-bond acceptors (Lipinski definition) is 5. The Hall–Kier alpha value is -3.60. The van der Waals surface area contributed by atoms with Crippen molar-refractivity contribution in [3.05, 3.63) is 60.2 Å². The zero-order valence-corrected chi connectivity index (χ0v) is 16.5. The average molecular weight is 452 g/mol. The van der Waals surface area contributed by atoms with Crippen molar-refractivity contribution in [1.29, 1.82) is 0 Å². The summed E-state index contributed by atoms with van der Waals surface area (Å²) in [6.07, 6.45) is -6.94. The van der Waals surface area contributed by atoms with Gasteiger partial charge in [-0.25, -0.2) is 4.79 Å². The minimum absolute atomic E-state index is 0.215. The van der Waals surface area contributed by atoms with E-state index in [4.69, 9.17) is 4.74 Å². The number of amides is 2. The fraction of sp³-hybridized carbons (Fsp3) is 0.286. The van der Waals surface area contributed by atoms with Gasteiger partial charge in [0.25, 0.3) is 5.91 Å². The first-order chi connectivity index (χ1) is 15.1. The van der Waals surface area contributed by atoms with Gasteiger partial charge < -0.3 is 20.1 Å². The largest absolute Gasteiger partial charge is 0.522 e. The highest BCUT2D eigenvalue weighted by molar-refractivity contribution is 5.97. The van der Waals surface area contributed by atoms with E-state index < -0.39 is 55.8 Å². The summed E-state index contributed by atoms with van der Waals surface area (Å²) in [5.74, 6) is -1.80. The Balaban J connectivity index is 1.55. The Kier molecular flexibility index (Phi) is 6.98. The monoisotopic (exact) mass is 452 g/mol. The molecule has 0 unspecified atom stereocenters. The molecular weight excluding hydrogens is 433 g/mol. The van der Waals surface area contributed by atoms with Gasteiger partial charge in [-0.15, -0.1) is 13.2 Å². The molecule has 1 fully saturated rings. The van der Waals surface area contributed by atoms with E-state index in [-0.39, 0.29) is 5.56 Å². The number of alkyl halides is 3. The molecule has 0 aliphatic carbocycles. The quantitative estimate of drug-likeness (QED) is 0.670. The molecule has 170 valence electrons. The summed E-state index contributed by atoms with van der Waals surface area (Å²) in [5.41, 5.74) is 0.215. The maximum Gasteiger partial charge on any atom is 0.522 e. The van der Waals surface area contributed by atoms with E-state index in [1.165, 1.54) is 12.1 Å². The fourth-order valence-electron chi connectivity index (χ4n) is 3.24. The molecule has 0 radical (unpaired) electrons. The number of aliphatic carboxylic acids is 1. The van der Waals surface area contributed by atoms with Crippen molar-refractivity contribution < 1.29 is 42.1 Å². The molecule has 2 amide bonds. The van der Waals surface area contributed by atoms with Crippen LogP contribution in [-0.2, 0) is 14.3 Å². The van der Waals surface area contributed by atoms with Crippen molar-refractivity contribution in [3.8, 4) is 11.5 Å². The highest BCUT2D eigenvalue weighted by atomic mass is 19.4. The molecule has 2 atom stereocenters. The van der Waals surface area contributed by atoms with Crippen LogP contribution < -0.4 is 10.1 Å². The van der Waals surface area contributed by atoms with Crippen LogP contribution in [0, 0.1) is 0 Å². The van der Waals surface area contributed by atoms with Crippen LogP contribution in [0.4, 0.5) is 13.2 Å². The minimum atomic E-state index is -4.95. The maximum atomic E-state index is 12.4. The van der Waals surface area contributed by atoms with Gasteiger partial charge in [-0.1, -0.05) is 18.2 Å². The van der Waals surface area contributed by atoms with Crippen LogP contribution in [0.5, 0.6) is 11.5 Å². The second-order valence-electron chi connectivity index (χ2n) is 6.94. The van der Waals surface area contributed by atoms with Crippen molar-refractivity contribution in [2.45, 2.75) is 24.9 Å². The molecule has 2 aromatic rings. The molecule has 11 heteroatoms. The zero-order chi connectivity index (χ0) is 23.3. The number of carboxylic acid groups (broad SMARTS) is 1. The van der Waals surface area contributed by atoms with Gasteiger partial charge >= 0.3 is 12.3 Å². The number of carbonyl (C=O) groups excluding carboxylic acids is 2. The lowest BCUT2D eigenvalue weighted by atomic mass is 10.2. The van der Waals surface area contributed by atoms with Gasteiger partial charge in [-0.05, 0) is 36.4 Å². The Morgan fingerprint density at radius 3 is 2.25 bits per heavy atom. The first-order valence-electron chi connectivity index (χ1n) is 9.50. The lowest BCUT2D eigenvalue weighted by molar-refractivity contribution is -0.340. The number of rotatable bonds is 7. The standard InChI is InChI=1S/C21H19F3N2O6/c22-21(23,24)32-16-10-17(20(29)30)26(12-16)18(27)11-25-19(28)13-6-8-15(9-7-13)31-14-4-2-1-3-5-14/h1-9,16-17H,10-12H2,(H,25,28)(H,29,30)/t16-,17-/m0/s1. The van der Waals surface area contributed by atoms with Gasteiger partial charge in [-0.3, -0.25) is 14.3 Å². The number of likely N-dealkylation sites (tertiary alicyclic amines) is 1. The molecule has 0 saturated carbocycles. The Morgan fingerprint density at radius 1 is 1.03 bits per heavy atom. The minimum Gasteiger partial charge on any atom is -0.480 e. The van der Waals surface area contributed by atoms with E-state index in [1.54, 1.807) is 36.4 Å². The molecule has 32 heavy (non-hydrogen) atoms. The third-order valence-electron chi connectivity index (χ3n) is 4.66. The van der Waals surface area contributed by atoms with E-state index in [9.17, 15) is 32.7 Å². The van der Waals surface area contributed by atoms with Crippen LogP contribution in [0.3, 0.4) is 0 Å². The molecule has 0 spiro atoms. The SMILES string of the molecule is O=C(NCC(=O)N1C[C@@H](OC(F)(F)F)C[C@H]1C(=O)O)c1ccc(Oc2ccccc2)cc1. The Morgan fingerprint density at radius 2 is 1.66 bits per heavy atom. The average Bonchev–Trinajstić information content (AvgIpc) is 3.15. The Labute approximate surface area is 180 Å². The highest BCUT2D eigenvalue weighted by Gasteiger charge is 2.44. The molecule has 3 rings (SSSR count). The first kappa shape index (κ1) is 23.1. The van der Waals surface area contributed by atoms with Crippen molar-refractivity contribution in [1.82, 2.24) is 10.2 Å². The normalized spacial score (nSPS) is 18.3. The number of nitrogens with zero attached hydrogens (tertiary/aromatic N) is 1. The third kappa shape index (κ3) is 6.20. The molecule has 1 aliphatic heterocycles. The lowest BCUT2D eigenvalue weighted by Gasteiger charge is -2.21. The number of carbonyl (C=O) groups is 3. The van der Waals surface area contributed by atoms with Gasteiger partial charge in [0.1, 0.15) is 17.5 Å². The van der Waals surface area contributed by atoms with E-state index >= 15 is 0 Å². The second-order valence-corrected chi connectivity index (χ2v) is 6.94. The summed E-state index contributed by atoms with van der Waals surface area (Å²) in [4.78, 5) is 36.7. The van der Waals surface area contributed by atoms with E-state index in [2.05, 4.69) is 10.1 Å². The Bertz CT molecular complexity index is 966. The summed E-state index contributed by atoms with van der Waals surface area (Å²) >= 11 is 0. The van der Waals surface area contributed by atoms with E-state index in [0.29, 0.717) is 11.5 Å². The van der Waals surface area contributed by atoms with Crippen LogP contribution in [0.15, 0.2) is 54.6 Å². The van der Waals surface area contributed by atoms with Gasteiger partial charge in [0, 0.05) is 18.5 Å². The molecule has 0 aromatic heterocycles. The summed E-state index contributed by atoms with van der Waals surface area (Å²) in [6.45, 7) is -1.12. The molecule has 2 aromatic carbocycles. The van der Waals surface area contributed by atoms with Gasteiger partial charge in [0.05, 0.1) is 12.6 Å². The smallest absolute Gasteiger partial charge is 0.480 e. The molecule has 0 bridgehead atoms. The fourth-order valence-corrected chi connectivity index (χ4v) is 3.24. The lowest BCUT2D eigenvalue weighted by Crippen LogP contribution is -2.45. The molecule has 2 N–H and O–H groups in total. The van der Waals surface area contributed by atoms with Crippen LogP contribution in [0.2, 0.25) is 0 Å². The molecule has 1 aliphatic rings. The molecule has 1 saturated heterocycles. The summed E-state index contributed by atoms with van der Waals surface area (Å²) in [7, 11) is 0. The van der Waals surface area contributed by atoms with Crippen LogP contribution >= 0.6 is 0 Å². The van der Waals surface area contributed by atoms with Crippen molar-refractivity contribution in [2.75, 3.05) is 13.1 Å². The number of carboxylic acids is 1. The van der Waals surface area contributed by atoms with E-state index in [0.717, 1.165) is 4.90 Å². The molecule has 8 nitrogen and oxygen atoms in total. The number of hydrogen-bond donors (Lipinski definition) is 2. The topological polar surface area (TPSA) is 105 Å². The van der Waals surface area contributed by atoms with Crippen molar-refractivity contribution >= 4 is 17.8 Å². The molecular formula is C21H19F3N2O6. The predicted molar refractivity (Wildman–Crippen MR) is 104 cm³/mol. The number of nitrogens with one attached hydrogen (secondary N) is 1. The maximum absolute atomic E-state index is 12.4. The summed E-state index contributed by atoms with van der Waals surface area (Å²) in [5, 5.41) is 11.5. The zero-order valence-electron chi connectivity index (χ0n) is 16.5.